The van der Waals surface area contributed by atoms with Crippen LogP contribution >= 0.6 is 0 Å². The smallest absolute Gasteiger partial charge is 0.555 e. The zero-order valence-electron chi connectivity index (χ0n) is 7.73. The van der Waals surface area contributed by atoms with E-state index in [9.17, 15) is 13.2 Å². The SMILES string of the molecule is O[B-](O)(O)c1ccc(C(F)(F)F)cn1.[Li+]. The van der Waals surface area contributed by atoms with E-state index in [0.29, 0.717) is 18.3 Å². The van der Waals surface area contributed by atoms with E-state index in [-0.39, 0.29) is 18.9 Å². The third kappa shape index (κ3) is 3.85. The molecule has 0 aliphatic carbocycles. The Kier molecular flexibility index (Phi) is 4.39. The van der Waals surface area contributed by atoms with E-state index >= 15 is 0 Å². The maximum absolute atomic E-state index is 12.0. The van der Waals surface area contributed by atoms with Gasteiger partial charge in [0.05, 0.1) is 5.56 Å². The minimum atomic E-state index is -4.54. The Balaban J connectivity index is 0.00000196. The van der Waals surface area contributed by atoms with Gasteiger partial charge in [0.1, 0.15) is 0 Å². The molecule has 0 saturated carbocycles. The molecule has 9 heteroatoms. The van der Waals surface area contributed by atoms with Crippen molar-refractivity contribution in [2.45, 2.75) is 6.18 Å². The van der Waals surface area contributed by atoms with Gasteiger partial charge in [-0.25, -0.2) is 0 Å². The molecule has 0 saturated heterocycles. The summed E-state index contributed by atoms with van der Waals surface area (Å²) in [6, 6.07) is 1.30. The molecule has 4 nitrogen and oxygen atoms in total. The predicted octanol–water partition coefficient (Wildman–Crippen LogP) is -3.77. The third-order valence-corrected chi connectivity index (χ3v) is 1.51. The first-order valence-corrected chi connectivity index (χ1v) is 3.56. The first-order chi connectivity index (χ1) is 6.21. The van der Waals surface area contributed by atoms with Crippen LogP contribution in [0.25, 0.3) is 0 Å². The number of pyridine rings is 1. The third-order valence-electron chi connectivity index (χ3n) is 1.51. The summed E-state index contributed by atoms with van der Waals surface area (Å²) >= 11 is 0. The summed E-state index contributed by atoms with van der Waals surface area (Å²) < 4.78 is 36.0. The van der Waals surface area contributed by atoms with E-state index in [0.717, 1.165) is 0 Å². The molecule has 0 bridgehead atoms. The van der Waals surface area contributed by atoms with Crippen molar-refractivity contribution in [2.75, 3.05) is 0 Å². The quantitative estimate of drug-likeness (QED) is 0.420. The fourth-order valence-corrected chi connectivity index (χ4v) is 0.802. The van der Waals surface area contributed by atoms with Crippen molar-refractivity contribution in [3.63, 3.8) is 0 Å². The second-order valence-electron chi connectivity index (χ2n) is 2.70. The zero-order valence-corrected chi connectivity index (χ0v) is 7.73. The van der Waals surface area contributed by atoms with E-state index in [1.54, 1.807) is 0 Å². The molecule has 0 aromatic carbocycles. The van der Waals surface area contributed by atoms with Gasteiger partial charge in [-0.3, -0.25) is 4.98 Å². The number of halogens is 3. The normalized spacial score (nSPS) is 12.1. The van der Waals surface area contributed by atoms with Crippen LogP contribution in [0.5, 0.6) is 0 Å². The van der Waals surface area contributed by atoms with Gasteiger partial charge in [0.25, 0.3) is 0 Å². The van der Waals surface area contributed by atoms with Crippen LogP contribution in [0, 0.1) is 0 Å². The summed E-state index contributed by atoms with van der Waals surface area (Å²) in [7, 11) is 0. The monoisotopic (exact) mass is 215 g/mol. The molecule has 1 rings (SSSR count). The fraction of sp³-hybridized carbons (Fsp3) is 0.167. The summed E-state index contributed by atoms with van der Waals surface area (Å²) in [5, 5.41) is 25.8. The number of nitrogens with zero attached hydrogens (tertiary/aromatic N) is 1. The van der Waals surface area contributed by atoms with Crippen molar-refractivity contribution in [2.24, 2.45) is 0 Å². The number of hydrogen-bond donors (Lipinski definition) is 3. The molecule has 3 N–H and O–H groups in total. The van der Waals surface area contributed by atoms with Gasteiger partial charge in [0, 0.05) is 6.20 Å². The average Bonchev–Trinajstić information content (AvgIpc) is 2.01. The molecule has 1 aromatic rings. The van der Waals surface area contributed by atoms with Crippen molar-refractivity contribution in [3.05, 3.63) is 23.9 Å². The first kappa shape index (κ1) is 14.5. The molecule has 78 valence electrons. The summed E-state index contributed by atoms with van der Waals surface area (Å²) in [5.74, 6) is 0. The summed E-state index contributed by atoms with van der Waals surface area (Å²) in [6.45, 7) is -3.84. The maximum Gasteiger partial charge on any atom is 1.00 e. The second-order valence-corrected chi connectivity index (χ2v) is 2.70. The van der Waals surface area contributed by atoms with Gasteiger partial charge < -0.3 is 15.1 Å². The Morgan fingerprint density at radius 1 is 1.13 bits per heavy atom. The molecule has 0 radical (unpaired) electrons. The summed E-state index contributed by atoms with van der Waals surface area (Å²) in [4.78, 5) is 3.07. The summed E-state index contributed by atoms with van der Waals surface area (Å²) in [5.41, 5.74) is -1.64. The Morgan fingerprint density at radius 3 is 1.93 bits per heavy atom. The van der Waals surface area contributed by atoms with Crippen LogP contribution in [0.2, 0.25) is 0 Å². The molecule has 0 aliphatic heterocycles. The predicted molar refractivity (Wildman–Crippen MR) is 41.3 cm³/mol. The summed E-state index contributed by atoms with van der Waals surface area (Å²) in [6.07, 6.45) is -4.13. The number of hydrogen-bond acceptors (Lipinski definition) is 4. The number of aromatic nitrogens is 1. The molecule has 1 aromatic heterocycles. The molecule has 0 atom stereocenters. The number of alkyl halides is 3. The fourth-order valence-electron chi connectivity index (χ4n) is 0.802. The van der Waals surface area contributed by atoms with Crippen molar-refractivity contribution in [1.29, 1.82) is 0 Å². The molecular formula is C6H6BF3LiNO3. The van der Waals surface area contributed by atoms with Gasteiger partial charge in [0.15, 0.2) is 0 Å². The largest absolute Gasteiger partial charge is 1.00 e. The topological polar surface area (TPSA) is 73.6 Å². The van der Waals surface area contributed by atoms with Gasteiger partial charge >= 0.3 is 31.8 Å². The molecule has 0 aliphatic rings. The number of rotatable bonds is 1. The van der Waals surface area contributed by atoms with Gasteiger partial charge in [-0.1, -0.05) is 6.07 Å². The van der Waals surface area contributed by atoms with Gasteiger partial charge in [-0.2, -0.15) is 13.2 Å². The first-order valence-electron chi connectivity index (χ1n) is 3.56. The minimum absolute atomic E-state index is 0. The van der Waals surface area contributed by atoms with Crippen molar-refractivity contribution in [3.8, 4) is 0 Å². The van der Waals surface area contributed by atoms with Crippen LogP contribution in [0.15, 0.2) is 18.3 Å². The minimum Gasteiger partial charge on any atom is -0.555 e. The molecule has 1 heterocycles. The second kappa shape index (κ2) is 4.55. The molecule has 0 spiro atoms. The van der Waals surface area contributed by atoms with Crippen LogP contribution < -0.4 is 24.5 Å². The molecule has 0 amide bonds. The van der Waals surface area contributed by atoms with E-state index in [1.165, 1.54) is 0 Å². The van der Waals surface area contributed by atoms with E-state index in [2.05, 4.69) is 4.98 Å². The average molecular weight is 215 g/mol. The molecule has 15 heavy (non-hydrogen) atoms. The Labute approximate surface area is 95.0 Å². The van der Waals surface area contributed by atoms with Crippen molar-refractivity contribution in [1.82, 2.24) is 4.98 Å². The molecule has 0 unspecified atom stereocenters. The molecular weight excluding hydrogens is 209 g/mol. The van der Waals surface area contributed by atoms with E-state index < -0.39 is 24.1 Å². The van der Waals surface area contributed by atoms with Gasteiger partial charge in [-0.15, -0.1) is 0 Å². The van der Waals surface area contributed by atoms with E-state index in [4.69, 9.17) is 15.1 Å². The van der Waals surface area contributed by atoms with Gasteiger partial charge in [0.2, 0.25) is 0 Å². The maximum atomic E-state index is 12.0. The zero-order chi connectivity index (χ0) is 11.0. The van der Waals surface area contributed by atoms with Crippen LogP contribution in [-0.4, -0.2) is 26.8 Å². The van der Waals surface area contributed by atoms with Crippen LogP contribution in [0.4, 0.5) is 13.2 Å². The Morgan fingerprint density at radius 2 is 1.67 bits per heavy atom. The standard InChI is InChI=1S/C6H6BF3NO3.Li/c8-6(9,10)4-1-2-5(11-3-4)7(12,13)14;/h1-3,12-14H;/q-1;+1. The van der Waals surface area contributed by atoms with Crippen LogP contribution in [-0.2, 0) is 6.18 Å². The molecule has 0 fully saturated rings. The van der Waals surface area contributed by atoms with Crippen molar-refractivity contribution >= 4 is 12.3 Å². The van der Waals surface area contributed by atoms with E-state index in [1.807, 2.05) is 0 Å². The Hall–Kier alpha value is -0.518. The van der Waals surface area contributed by atoms with Gasteiger partial charge in [-0.05, 0) is 11.7 Å². The van der Waals surface area contributed by atoms with Crippen LogP contribution in [0.3, 0.4) is 0 Å². The van der Waals surface area contributed by atoms with Crippen molar-refractivity contribution < 1.29 is 47.1 Å². The Bertz CT molecular complexity index is 291. The van der Waals surface area contributed by atoms with Crippen LogP contribution in [0.1, 0.15) is 5.56 Å².